The van der Waals surface area contributed by atoms with Crippen molar-refractivity contribution < 1.29 is 0 Å². The molecule has 2 rings (SSSR count). The van der Waals surface area contributed by atoms with E-state index in [1.165, 1.54) is 22.3 Å². The molecule has 132 valence electrons. The van der Waals surface area contributed by atoms with Gasteiger partial charge in [-0.2, -0.15) is 0 Å². The molecule has 25 heavy (non-hydrogen) atoms. The van der Waals surface area contributed by atoms with Gasteiger partial charge < -0.3 is 0 Å². The van der Waals surface area contributed by atoms with Crippen molar-refractivity contribution in [3.8, 4) is 0 Å². The fourth-order valence-electron chi connectivity index (χ4n) is 2.10. The Hall–Kier alpha value is -1.87. The molecule has 0 aromatic heterocycles. The number of rotatable bonds is 4. The molecule has 0 amide bonds. The van der Waals surface area contributed by atoms with Crippen LogP contribution in [0.1, 0.15) is 32.8 Å². The zero-order chi connectivity index (χ0) is 17.8. The summed E-state index contributed by atoms with van der Waals surface area (Å²) in [4.78, 5) is 0. The summed E-state index contributed by atoms with van der Waals surface area (Å²) in [6.45, 7) is 13.8. The molecule has 0 atom stereocenters. The van der Waals surface area contributed by atoms with E-state index in [4.69, 9.17) is 0 Å². The lowest BCUT2D eigenvalue weighted by Crippen LogP contribution is -1.82. The Labute approximate surface area is 170 Å². The Bertz CT molecular complexity index is 691. The molecule has 1 heteroatoms. The Morgan fingerprint density at radius 3 is 2.16 bits per heavy atom. The second-order valence-electron chi connectivity index (χ2n) is 5.68. The van der Waals surface area contributed by atoms with E-state index in [1.54, 1.807) is 6.08 Å². The first-order chi connectivity index (χ1) is 11.6. The summed E-state index contributed by atoms with van der Waals surface area (Å²) in [5.41, 5.74) is 6.19. The number of benzene rings is 1. The molecule has 1 aliphatic carbocycles. The molecule has 0 nitrogen and oxygen atoms in total. The van der Waals surface area contributed by atoms with Crippen molar-refractivity contribution in [3.63, 3.8) is 0 Å². The highest BCUT2D eigenvalue weighted by atomic mass is 127. The minimum Gasteiger partial charge on any atom is -0.107 e. The highest BCUT2D eigenvalue weighted by molar-refractivity contribution is 14.0. The predicted octanol–water partition coefficient (Wildman–Crippen LogP) is 7.85. The quantitative estimate of drug-likeness (QED) is 0.252. The fourth-order valence-corrected chi connectivity index (χ4v) is 2.10. The van der Waals surface area contributed by atoms with Gasteiger partial charge in [0.05, 0.1) is 0 Å². The van der Waals surface area contributed by atoms with Gasteiger partial charge in [0.1, 0.15) is 0 Å². The molecular formula is C24H29I. The first-order valence-corrected chi connectivity index (χ1v) is 8.31. The molecule has 0 radical (unpaired) electrons. The lowest BCUT2D eigenvalue weighted by molar-refractivity contribution is 1.36. The summed E-state index contributed by atoms with van der Waals surface area (Å²) in [7, 11) is 0. The third kappa shape index (κ3) is 8.69. The molecule has 1 aromatic carbocycles. The van der Waals surface area contributed by atoms with Crippen LogP contribution in [-0.4, -0.2) is 0 Å². The van der Waals surface area contributed by atoms with Crippen molar-refractivity contribution in [2.75, 3.05) is 0 Å². The van der Waals surface area contributed by atoms with E-state index in [9.17, 15) is 0 Å². The minimum absolute atomic E-state index is 0. The smallest absolute Gasteiger partial charge is 0.0151 e. The monoisotopic (exact) mass is 444 g/mol. The van der Waals surface area contributed by atoms with Crippen LogP contribution in [-0.2, 0) is 0 Å². The number of hydrogen-bond acceptors (Lipinski definition) is 0. The third-order valence-electron chi connectivity index (χ3n) is 3.65. The number of halogens is 1. The van der Waals surface area contributed by atoms with Crippen LogP contribution in [0.15, 0.2) is 109 Å². The van der Waals surface area contributed by atoms with Gasteiger partial charge in [-0.15, -0.1) is 24.0 Å². The van der Waals surface area contributed by atoms with E-state index in [2.05, 4.69) is 81.7 Å². The van der Waals surface area contributed by atoms with Gasteiger partial charge in [-0.1, -0.05) is 97.7 Å². The Balaban J connectivity index is 0.000000848. The van der Waals surface area contributed by atoms with Crippen molar-refractivity contribution >= 4 is 29.5 Å². The molecule has 0 bridgehead atoms. The van der Waals surface area contributed by atoms with Crippen LogP contribution in [0.5, 0.6) is 0 Å². The second-order valence-corrected chi connectivity index (χ2v) is 5.68. The van der Waals surface area contributed by atoms with Gasteiger partial charge >= 0.3 is 0 Å². The first-order valence-electron chi connectivity index (χ1n) is 8.31. The third-order valence-corrected chi connectivity index (χ3v) is 3.65. The Kier molecular flexibility index (Phi) is 12.4. The molecule has 1 aliphatic rings. The minimum atomic E-state index is 0. The van der Waals surface area contributed by atoms with E-state index in [0.29, 0.717) is 0 Å². The summed E-state index contributed by atoms with van der Waals surface area (Å²) in [6.07, 6.45) is 17.4. The topological polar surface area (TPSA) is 0 Å². The van der Waals surface area contributed by atoms with Crippen molar-refractivity contribution in [3.05, 3.63) is 114 Å². The first kappa shape index (κ1) is 23.1. The van der Waals surface area contributed by atoms with E-state index < -0.39 is 0 Å². The lowest BCUT2D eigenvalue weighted by atomic mass is 10.0. The number of allylic oxidation sites excluding steroid dienone is 12. The molecule has 0 fully saturated rings. The maximum atomic E-state index is 3.85. The van der Waals surface area contributed by atoms with Crippen molar-refractivity contribution in [2.24, 2.45) is 0 Å². The average molecular weight is 444 g/mol. The van der Waals surface area contributed by atoms with Gasteiger partial charge in [-0.05, 0) is 49.5 Å². The summed E-state index contributed by atoms with van der Waals surface area (Å²) in [5.74, 6) is 0. The molecule has 0 saturated heterocycles. The van der Waals surface area contributed by atoms with E-state index in [1.807, 2.05) is 25.1 Å². The molecule has 0 saturated carbocycles. The normalized spacial score (nSPS) is 13.0. The highest BCUT2D eigenvalue weighted by Gasteiger charge is 2.03. The maximum Gasteiger partial charge on any atom is -0.0151 e. The Morgan fingerprint density at radius 2 is 1.64 bits per heavy atom. The van der Waals surface area contributed by atoms with E-state index >= 15 is 0 Å². The van der Waals surface area contributed by atoms with Gasteiger partial charge in [-0.3, -0.25) is 0 Å². The van der Waals surface area contributed by atoms with Crippen molar-refractivity contribution in [2.45, 2.75) is 27.2 Å². The largest absolute Gasteiger partial charge is 0.107 e. The average Bonchev–Trinajstić information content (AvgIpc) is 2.87. The van der Waals surface area contributed by atoms with Crippen LogP contribution in [0.4, 0.5) is 0 Å². The van der Waals surface area contributed by atoms with Crippen LogP contribution in [0.2, 0.25) is 0 Å². The molecule has 0 unspecified atom stereocenters. The van der Waals surface area contributed by atoms with Gasteiger partial charge in [0, 0.05) is 0 Å². The summed E-state index contributed by atoms with van der Waals surface area (Å²) < 4.78 is 0. The van der Waals surface area contributed by atoms with Crippen LogP contribution < -0.4 is 0 Å². The van der Waals surface area contributed by atoms with Crippen LogP contribution in [0, 0.1) is 0 Å². The second kappa shape index (κ2) is 13.4. The molecular weight excluding hydrogens is 415 g/mol. The van der Waals surface area contributed by atoms with Gasteiger partial charge in [0.25, 0.3) is 0 Å². The Morgan fingerprint density at radius 1 is 1.00 bits per heavy atom. The molecule has 0 spiro atoms. The zero-order valence-electron chi connectivity index (χ0n) is 15.5. The standard InChI is InChI=1S/C19H18.C5H10.HI/c1-3-9-16(4-2)18-12-8-13-19(15-14-18)17-10-6-5-7-11-17;1-4-5(2)3;/h3-7,9-15H,1-2,8H2;4H,1-3H3;1H/b16-9+;;. The van der Waals surface area contributed by atoms with Crippen molar-refractivity contribution in [1.82, 2.24) is 0 Å². The van der Waals surface area contributed by atoms with E-state index in [0.717, 1.165) is 12.0 Å². The zero-order valence-corrected chi connectivity index (χ0v) is 17.9. The van der Waals surface area contributed by atoms with Gasteiger partial charge in [0.15, 0.2) is 0 Å². The molecule has 0 aliphatic heterocycles. The van der Waals surface area contributed by atoms with Crippen LogP contribution >= 0.6 is 24.0 Å². The summed E-state index contributed by atoms with van der Waals surface area (Å²) >= 11 is 0. The number of hydrogen-bond donors (Lipinski definition) is 0. The summed E-state index contributed by atoms with van der Waals surface area (Å²) in [5, 5.41) is 0. The van der Waals surface area contributed by atoms with Gasteiger partial charge in [0.2, 0.25) is 0 Å². The SMILES string of the molecule is C=C/C=C(\C=C)C1=CCC=C(c2ccccc2)C=C1.CC=C(C)C.I. The van der Waals surface area contributed by atoms with Crippen molar-refractivity contribution in [1.29, 1.82) is 0 Å². The van der Waals surface area contributed by atoms with Gasteiger partial charge in [-0.25, -0.2) is 0 Å². The molecule has 1 aromatic rings. The van der Waals surface area contributed by atoms with E-state index in [-0.39, 0.29) is 24.0 Å². The summed E-state index contributed by atoms with van der Waals surface area (Å²) in [6, 6.07) is 10.4. The van der Waals surface area contributed by atoms with Crippen LogP contribution in [0.3, 0.4) is 0 Å². The fraction of sp³-hybridized carbons (Fsp3) is 0.167. The maximum absolute atomic E-state index is 3.85. The molecule has 0 N–H and O–H groups in total. The molecule has 0 heterocycles. The lowest BCUT2D eigenvalue weighted by Gasteiger charge is -2.02. The highest BCUT2D eigenvalue weighted by Crippen LogP contribution is 2.23. The van der Waals surface area contributed by atoms with Crippen LogP contribution in [0.25, 0.3) is 5.57 Å². The predicted molar refractivity (Wildman–Crippen MR) is 125 cm³/mol.